The van der Waals surface area contributed by atoms with E-state index in [4.69, 9.17) is 15.6 Å². The van der Waals surface area contributed by atoms with Gasteiger partial charge in [0.05, 0.1) is 12.1 Å². The van der Waals surface area contributed by atoms with Gasteiger partial charge in [-0.1, -0.05) is 0 Å². The summed E-state index contributed by atoms with van der Waals surface area (Å²) in [7, 11) is 0. The number of carbonyl (C=O) groups is 6. The third-order valence-electron chi connectivity index (χ3n) is 11.2. The van der Waals surface area contributed by atoms with Crippen LogP contribution in [0.3, 0.4) is 0 Å². The topological polar surface area (TPSA) is 201 Å². The van der Waals surface area contributed by atoms with E-state index in [1.165, 1.54) is 4.90 Å². The van der Waals surface area contributed by atoms with Crippen molar-refractivity contribution in [1.82, 2.24) is 25.3 Å². The van der Waals surface area contributed by atoms with Gasteiger partial charge < -0.3 is 45.6 Å². The maximum absolute atomic E-state index is 14.2. The molecule has 2 aromatic carbocycles. The van der Waals surface area contributed by atoms with Crippen LogP contribution in [-0.4, -0.2) is 131 Å². The van der Waals surface area contributed by atoms with Crippen molar-refractivity contribution >= 4 is 36.3 Å². The number of likely N-dealkylation sites (tertiary alicyclic amines) is 3. The van der Waals surface area contributed by atoms with Gasteiger partial charge in [-0.05, 0) is 75.6 Å². The van der Waals surface area contributed by atoms with Crippen molar-refractivity contribution in [3.05, 3.63) is 82.6 Å². The summed E-state index contributed by atoms with van der Waals surface area (Å²) in [4.78, 5) is 72.0. The molecule has 0 aliphatic carbocycles. The number of nitrogens with zero attached hydrogens (tertiary/aromatic N) is 3. The number of hydrogen-bond donors (Lipinski definition) is 4. The molecule has 4 fully saturated rings. The highest BCUT2D eigenvalue weighted by Crippen LogP contribution is 2.34. The molecule has 2 aromatic rings. The lowest BCUT2D eigenvalue weighted by Gasteiger charge is -2.27. The standard InChI is InChI=1S/C21H28F3N3O3.C18H19F6N3O2.C4H4O4/c1-21(2,3)30-20(29)26-14(6-13-7-16(23)17(24)9-15(13)22)8-19(28)27-5-4-12-10-25-11-18(12)27;19-12-6-14(21)13(20)4-10(12)3-11(25)5-16(28)27-2-1-9-7-26(8-15(9)27)17(29)18(22,23)24;5-3-8-2-1-4(6)7/h7,9,12,14,18,25H,4-6,8,10-11H2,1-3H3,(H,26,29);4,6,9,11,15H,1-3,5,7-8,25H2;1-3H,(H,6,7)/b;;2-1+/t12-,14+,18+;9-,11+,15+;/m00./s1. The minimum atomic E-state index is -4.97. The van der Waals surface area contributed by atoms with Crippen LogP contribution < -0.4 is 16.4 Å². The number of aliphatic carboxylic acids is 1. The number of alkyl halides is 3. The van der Waals surface area contributed by atoms with Gasteiger partial charge in [0.15, 0.2) is 23.3 Å². The second kappa shape index (κ2) is 23.2. The number of halogens is 9. The quantitative estimate of drug-likeness (QED) is 0.0768. The molecule has 4 aliphatic rings. The van der Waals surface area contributed by atoms with Crippen molar-refractivity contribution in [2.75, 3.05) is 39.3 Å². The van der Waals surface area contributed by atoms with E-state index >= 15 is 0 Å². The highest BCUT2D eigenvalue weighted by atomic mass is 19.4. The van der Waals surface area contributed by atoms with Gasteiger partial charge in [0.1, 0.15) is 23.5 Å². The number of amides is 4. The number of carboxylic acids is 1. The van der Waals surface area contributed by atoms with Crippen molar-refractivity contribution in [3.63, 3.8) is 0 Å². The molecule has 0 aromatic heterocycles. The molecule has 67 heavy (non-hydrogen) atoms. The van der Waals surface area contributed by atoms with Gasteiger partial charge in [0, 0.05) is 88.3 Å². The summed E-state index contributed by atoms with van der Waals surface area (Å²) in [5.41, 5.74) is 4.80. The van der Waals surface area contributed by atoms with E-state index < -0.39 is 88.7 Å². The number of ether oxygens (including phenoxy) is 2. The Labute approximate surface area is 378 Å². The Morgan fingerprint density at radius 1 is 0.791 bits per heavy atom. The van der Waals surface area contributed by atoms with Gasteiger partial charge in [-0.25, -0.2) is 35.9 Å². The monoisotopic (exact) mass is 966 g/mol. The van der Waals surface area contributed by atoms with Crippen molar-refractivity contribution in [1.29, 1.82) is 0 Å². The molecule has 6 rings (SSSR count). The van der Waals surface area contributed by atoms with Crippen LogP contribution in [0.4, 0.5) is 44.3 Å². The number of hydrogen-bond acceptors (Lipinski definition) is 10. The lowest BCUT2D eigenvalue weighted by molar-refractivity contribution is -0.184. The number of alkyl carbamates (subject to hydrolysis) is 1. The van der Waals surface area contributed by atoms with E-state index in [0.29, 0.717) is 54.6 Å². The molecular weight excluding hydrogens is 915 g/mol. The van der Waals surface area contributed by atoms with Crippen LogP contribution in [0.2, 0.25) is 0 Å². The maximum Gasteiger partial charge on any atom is 0.471 e. The van der Waals surface area contributed by atoms with E-state index in [1.54, 1.807) is 25.7 Å². The smallest absolute Gasteiger partial charge is 0.471 e. The van der Waals surface area contributed by atoms with Crippen LogP contribution in [0.1, 0.15) is 57.6 Å². The van der Waals surface area contributed by atoms with E-state index in [-0.39, 0.29) is 74.2 Å². The van der Waals surface area contributed by atoms with E-state index in [9.17, 15) is 68.3 Å². The molecule has 5 N–H and O–H groups in total. The van der Waals surface area contributed by atoms with Crippen molar-refractivity contribution in [3.8, 4) is 0 Å². The zero-order valence-corrected chi connectivity index (χ0v) is 36.5. The first-order valence-electron chi connectivity index (χ1n) is 20.9. The fourth-order valence-electron chi connectivity index (χ4n) is 8.28. The van der Waals surface area contributed by atoms with Crippen LogP contribution >= 0.6 is 0 Å². The van der Waals surface area contributed by atoms with Crippen molar-refractivity contribution < 1.29 is 82.9 Å². The van der Waals surface area contributed by atoms with E-state index in [0.717, 1.165) is 31.8 Å². The molecule has 4 amide bonds. The minimum absolute atomic E-state index is 0.0705. The van der Waals surface area contributed by atoms with Gasteiger partial charge in [-0.2, -0.15) is 13.2 Å². The van der Waals surface area contributed by atoms with Crippen LogP contribution in [0.5, 0.6) is 0 Å². The van der Waals surface area contributed by atoms with Gasteiger partial charge in [-0.3, -0.25) is 19.2 Å². The lowest BCUT2D eigenvalue weighted by Crippen LogP contribution is -2.46. The Bertz CT molecular complexity index is 2160. The number of carbonyl (C=O) groups excluding carboxylic acids is 5. The molecule has 4 aliphatic heterocycles. The molecule has 6 atom stereocenters. The molecule has 4 heterocycles. The van der Waals surface area contributed by atoms with Gasteiger partial charge in [0.25, 0.3) is 6.47 Å². The molecule has 370 valence electrons. The summed E-state index contributed by atoms with van der Waals surface area (Å²) >= 11 is 0. The predicted molar refractivity (Wildman–Crippen MR) is 217 cm³/mol. The number of carboxylic acid groups (broad SMARTS) is 1. The summed E-state index contributed by atoms with van der Waals surface area (Å²) in [6, 6.07) is 0.155. The highest BCUT2D eigenvalue weighted by Gasteiger charge is 2.50. The molecule has 0 saturated carbocycles. The average Bonchev–Trinajstić information content (AvgIpc) is 4.01. The molecule has 0 radical (unpaired) electrons. The molecular formula is C43H51F9N6O9. The Morgan fingerprint density at radius 2 is 1.33 bits per heavy atom. The molecule has 15 nitrogen and oxygen atoms in total. The van der Waals surface area contributed by atoms with Crippen LogP contribution in [0.25, 0.3) is 0 Å². The molecule has 4 saturated heterocycles. The third kappa shape index (κ3) is 15.6. The maximum atomic E-state index is 14.2. The number of fused-ring (bicyclic) bond motifs is 2. The first kappa shape index (κ1) is 53.7. The zero-order valence-electron chi connectivity index (χ0n) is 36.5. The minimum Gasteiger partial charge on any atom is -0.478 e. The fourth-order valence-corrected chi connectivity index (χ4v) is 8.28. The van der Waals surface area contributed by atoms with Gasteiger partial charge >= 0.3 is 24.1 Å². The number of rotatable bonds is 12. The SMILES string of the molecule is CC(C)(C)OC(=O)N[C@@H](CC(=O)N1CC[C@H]2CNC[C@H]21)Cc1cc(F)c(F)cc1F.N[C@@H](CC(=O)N1CC[C@H]2CN(C(=O)C(F)(F)F)C[C@H]21)Cc1cc(F)c(F)cc1F.O=CO/C=C/C(=O)O. The number of benzene rings is 2. The van der Waals surface area contributed by atoms with Crippen LogP contribution in [0, 0.1) is 46.7 Å². The highest BCUT2D eigenvalue weighted by molar-refractivity contribution is 5.83. The van der Waals surface area contributed by atoms with Crippen molar-refractivity contribution in [2.45, 2.75) is 95.2 Å². The molecule has 0 spiro atoms. The summed E-state index contributed by atoms with van der Waals surface area (Å²) in [5.74, 6) is -10.5. The number of nitrogens with two attached hydrogens (primary N) is 1. The first-order chi connectivity index (χ1) is 31.3. The second-order valence-electron chi connectivity index (χ2n) is 17.3. The third-order valence-corrected chi connectivity index (χ3v) is 11.2. The summed E-state index contributed by atoms with van der Waals surface area (Å²) < 4.78 is 128. The zero-order chi connectivity index (χ0) is 50.0. The molecule has 24 heteroatoms. The largest absolute Gasteiger partial charge is 0.478 e. The molecule has 0 unspecified atom stereocenters. The molecule has 0 bridgehead atoms. The summed E-state index contributed by atoms with van der Waals surface area (Å²) in [6.45, 7) is 7.49. The average molecular weight is 967 g/mol. The van der Waals surface area contributed by atoms with E-state index in [2.05, 4.69) is 15.4 Å². The second-order valence-corrected chi connectivity index (χ2v) is 17.3. The van der Waals surface area contributed by atoms with Crippen LogP contribution in [-0.2, 0) is 46.3 Å². The Balaban J connectivity index is 0.000000252. The van der Waals surface area contributed by atoms with Crippen molar-refractivity contribution in [2.24, 2.45) is 17.6 Å². The summed E-state index contributed by atoms with van der Waals surface area (Å²) in [6.07, 6.45) is -3.57. The van der Waals surface area contributed by atoms with Gasteiger partial charge in [-0.15, -0.1) is 0 Å². The van der Waals surface area contributed by atoms with E-state index in [1.807, 2.05) is 0 Å². The Morgan fingerprint density at radius 3 is 1.88 bits per heavy atom. The Kier molecular flexibility index (Phi) is 18.6. The van der Waals surface area contributed by atoms with Crippen LogP contribution in [0.15, 0.2) is 36.6 Å². The summed E-state index contributed by atoms with van der Waals surface area (Å²) in [5, 5.41) is 13.7. The predicted octanol–water partition coefficient (Wildman–Crippen LogP) is 4.49. The fraction of sp³-hybridized carbons (Fsp3) is 0.535. The first-order valence-corrected chi connectivity index (χ1v) is 20.9. The lowest BCUT2D eigenvalue weighted by atomic mass is 10.0. The van der Waals surface area contributed by atoms with Gasteiger partial charge in [0.2, 0.25) is 11.8 Å². The Hall–Kier alpha value is -5.91. The normalized spacial score (nSPS) is 20.8. The number of nitrogens with one attached hydrogen (secondary N) is 2.